The molecule has 0 aliphatic heterocycles. The largest absolute Gasteiger partial charge is 0.313 e. The van der Waals surface area contributed by atoms with Crippen molar-refractivity contribution in [1.82, 2.24) is 10.2 Å². The van der Waals surface area contributed by atoms with Gasteiger partial charge in [0.1, 0.15) is 0 Å². The quantitative estimate of drug-likeness (QED) is 0.729. The summed E-state index contributed by atoms with van der Waals surface area (Å²) in [5.74, 6) is 0. The summed E-state index contributed by atoms with van der Waals surface area (Å²) in [6.45, 7) is 10.2. The molecule has 1 unspecified atom stereocenters. The molecule has 108 valence electrons. The summed E-state index contributed by atoms with van der Waals surface area (Å²) in [6.07, 6.45) is 3.77. The summed E-state index contributed by atoms with van der Waals surface area (Å²) < 4.78 is 0. The molecule has 0 saturated heterocycles. The summed E-state index contributed by atoms with van der Waals surface area (Å²) in [5.41, 5.74) is 2.73. The van der Waals surface area contributed by atoms with Gasteiger partial charge in [-0.1, -0.05) is 50.1 Å². The van der Waals surface area contributed by atoms with E-state index in [0.717, 1.165) is 6.54 Å². The third-order valence-electron chi connectivity index (χ3n) is 3.84. The monoisotopic (exact) mass is 262 g/mol. The predicted molar refractivity (Wildman–Crippen MR) is 84.6 cm³/mol. The maximum atomic E-state index is 3.45. The van der Waals surface area contributed by atoms with Crippen LogP contribution in [0.1, 0.15) is 50.3 Å². The highest BCUT2D eigenvalue weighted by Crippen LogP contribution is 2.17. The molecule has 1 atom stereocenters. The number of hydrogen-bond donors (Lipinski definition) is 1. The smallest absolute Gasteiger partial charge is 0.0329 e. The van der Waals surface area contributed by atoms with Gasteiger partial charge in [-0.15, -0.1) is 0 Å². The van der Waals surface area contributed by atoms with Crippen LogP contribution in [0.15, 0.2) is 24.3 Å². The van der Waals surface area contributed by atoms with Gasteiger partial charge in [0.05, 0.1) is 0 Å². The lowest BCUT2D eigenvalue weighted by Crippen LogP contribution is -2.29. The van der Waals surface area contributed by atoms with E-state index < -0.39 is 0 Å². The van der Waals surface area contributed by atoms with Gasteiger partial charge < -0.3 is 10.2 Å². The van der Waals surface area contributed by atoms with Gasteiger partial charge in [-0.05, 0) is 52.0 Å². The average Bonchev–Trinajstić information content (AvgIpc) is 2.44. The standard InChI is InChI=1S/C17H30N2/c1-5-7-13-19(6-2)14-12-17(18-4)16-10-8-15(3)9-11-16/h8-11,17-18H,5-7,12-14H2,1-4H3. The Labute approximate surface area is 119 Å². The zero-order chi connectivity index (χ0) is 14.1. The van der Waals surface area contributed by atoms with Crippen LogP contribution < -0.4 is 5.32 Å². The minimum Gasteiger partial charge on any atom is -0.313 e. The van der Waals surface area contributed by atoms with Crippen LogP contribution in [0, 0.1) is 6.92 Å². The Bertz CT molecular complexity index is 332. The van der Waals surface area contributed by atoms with Gasteiger partial charge in [0, 0.05) is 6.04 Å². The van der Waals surface area contributed by atoms with Crippen molar-refractivity contribution in [2.24, 2.45) is 0 Å². The van der Waals surface area contributed by atoms with E-state index in [9.17, 15) is 0 Å². The minimum absolute atomic E-state index is 0.469. The maximum Gasteiger partial charge on any atom is 0.0329 e. The van der Waals surface area contributed by atoms with Gasteiger partial charge in [-0.2, -0.15) is 0 Å². The van der Waals surface area contributed by atoms with Gasteiger partial charge in [-0.3, -0.25) is 0 Å². The van der Waals surface area contributed by atoms with E-state index >= 15 is 0 Å². The Morgan fingerprint density at radius 3 is 2.32 bits per heavy atom. The first-order chi connectivity index (χ1) is 9.21. The number of rotatable bonds is 9. The van der Waals surface area contributed by atoms with Crippen molar-refractivity contribution in [2.75, 3.05) is 26.7 Å². The summed E-state index contributed by atoms with van der Waals surface area (Å²) in [5, 5.41) is 3.45. The van der Waals surface area contributed by atoms with Crippen molar-refractivity contribution in [3.05, 3.63) is 35.4 Å². The fourth-order valence-corrected chi connectivity index (χ4v) is 2.40. The molecule has 0 aliphatic rings. The van der Waals surface area contributed by atoms with Gasteiger partial charge >= 0.3 is 0 Å². The van der Waals surface area contributed by atoms with E-state index in [4.69, 9.17) is 0 Å². The first-order valence-electron chi connectivity index (χ1n) is 7.67. The molecule has 0 amide bonds. The lowest BCUT2D eigenvalue weighted by atomic mass is 10.0. The molecular weight excluding hydrogens is 232 g/mol. The van der Waals surface area contributed by atoms with E-state index in [-0.39, 0.29) is 0 Å². The second-order valence-electron chi connectivity index (χ2n) is 5.33. The van der Waals surface area contributed by atoms with Crippen LogP contribution in [0.25, 0.3) is 0 Å². The number of unbranched alkanes of at least 4 members (excludes halogenated alkanes) is 1. The van der Waals surface area contributed by atoms with E-state index in [1.165, 1.54) is 43.5 Å². The first kappa shape index (κ1) is 16.2. The molecule has 0 saturated carbocycles. The Balaban J connectivity index is 2.49. The highest BCUT2D eigenvalue weighted by Gasteiger charge is 2.10. The lowest BCUT2D eigenvalue weighted by molar-refractivity contribution is 0.267. The summed E-state index contributed by atoms with van der Waals surface area (Å²) in [4.78, 5) is 2.56. The Morgan fingerprint density at radius 1 is 1.11 bits per heavy atom. The molecule has 1 N–H and O–H groups in total. The third-order valence-corrected chi connectivity index (χ3v) is 3.84. The van der Waals surface area contributed by atoms with Crippen molar-refractivity contribution in [1.29, 1.82) is 0 Å². The molecular formula is C17H30N2. The van der Waals surface area contributed by atoms with Crippen LogP contribution in [0.5, 0.6) is 0 Å². The van der Waals surface area contributed by atoms with Gasteiger partial charge in [0.2, 0.25) is 0 Å². The van der Waals surface area contributed by atoms with Crippen molar-refractivity contribution < 1.29 is 0 Å². The second kappa shape index (κ2) is 9.11. The first-order valence-corrected chi connectivity index (χ1v) is 7.67. The van der Waals surface area contributed by atoms with E-state index in [1.807, 2.05) is 0 Å². The Kier molecular flexibility index (Phi) is 7.76. The van der Waals surface area contributed by atoms with Gasteiger partial charge in [0.15, 0.2) is 0 Å². The molecule has 2 nitrogen and oxygen atoms in total. The normalized spacial score (nSPS) is 12.9. The molecule has 0 spiro atoms. The highest BCUT2D eigenvalue weighted by molar-refractivity contribution is 5.24. The molecule has 19 heavy (non-hydrogen) atoms. The molecule has 2 heteroatoms. The predicted octanol–water partition coefficient (Wildman–Crippen LogP) is 3.77. The average molecular weight is 262 g/mol. The number of nitrogens with zero attached hydrogens (tertiary/aromatic N) is 1. The third kappa shape index (κ3) is 5.75. The van der Waals surface area contributed by atoms with Crippen LogP contribution in [-0.2, 0) is 0 Å². The zero-order valence-electron chi connectivity index (χ0n) is 13.1. The molecule has 0 fully saturated rings. The summed E-state index contributed by atoms with van der Waals surface area (Å²) in [6, 6.07) is 9.37. The summed E-state index contributed by atoms with van der Waals surface area (Å²) >= 11 is 0. The van der Waals surface area contributed by atoms with Crippen molar-refractivity contribution >= 4 is 0 Å². The topological polar surface area (TPSA) is 15.3 Å². The zero-order valence-corrected chi connectivity index (χ0v) is 13.1. The van der Waals surface area contributed by atoms with Crippen LogP contribution >= 0.6 is 0 Å². The van der Waals surface area contributed by atoms with E-state index in [2.05, 4.69) is 62.3 Å². The molecule has 0 radical (unpaired) electrons. The molecule has 0 aliphatic carbocycles. The minimum atomic E-state index is 0.469. The molecule has 0 bridgehead atoms. The number of benzene rings is 1. The molecule has 1 aromatic rings. The van der Waals surface area contributed by atoms with Crippen molar-refractivity contribution in [3.63, 3.8) is 0 Å². The molecule has 1 rings (SSSR count). The fraction of sp³-hybridized carbons (Fsp3) is 0.647. The Morgan fingerprint density at radius 2 is 1.79 bits per heavy atom. The highest BCUT2D eigenvalue weighted by atomic mass is 15.1. The maximum absolute atomic E-state index is 3.45. The lowest BCUT2D eigenvalue weighted by Gasteiger charge is -2.24. The number of nitrogens with one attached hydrogen (secondary N) is 1. The van der Waals surface area contributed by atoms with Crippen LogP contribution in [-0.4, -0.2) is 31.6 Å². The van der Waals surface area contributed by atoms with Gasteiger partial charge in [0.25, 0.3) is 0 Å². The van der Waals surface area contributed by atoms with E-state index in [1.54, 1.807) is 0 Å². The van der Waals surface area contributed by atoms with Crippen molar-refractivity contribution in [3.8, 4) is 0 Å². The summed E-state index contributed by atoms with van der Waals surface area (Å²) in [7, 11) is 2.06. The number of hydrogen-bond acceptors (Lipinski definition) is 2. The van der Waals surface area contributed by atoms with Crippen LogP contribution in [0.2, 0.25) is 0 Å². The number of aryl methyl sites for hydroxylation is 1. The molecule has 0 aromatic heterocycles. The van der Waals surface area contributed by atoms with Crippen LogP contribution in [0.3, 0.4) is 0 Å². The van der Waals surface area contributed by atoms with Gasteiger partial charge in [-0.25, -0.2) is 0 Å². The molecule has 0 heterocycles. The Hall–Kier alpha value is -0.860. The SMILES string of the molecule is CCCCN(CC)CCC(NC)c1ccc(C)cc1. The van der Waals surface area contributed by atoms with Crippen molar-refractivity contribution in [2.45, 2.75) is 46.1 Å². The van der Waals surface area contributed by atoms with Crippen LogP contribution in [0.4, 0.5) is 0 Å². The fourth-order valence-electron chi connectivity index (χ4n) is 2.40. The second-order valence-corrected chi connectivity index (χ2v) is 5.33. The molecule has 1 aromatic carbocycles. The van der Waals surface area contributed by atoms with E-state index in [0.29, 0.717) is 6.04 Å².